The summed E-state index contributed by atoms with van der Waals surface area (Å²) in [5.74, 6) is 3.47. The number of nitrogens with one attached hydrogen (secondary N) is 2. The number of carbonyl (C=O) groups excluding carboxylic acids is 2. The van der Waals surface area contributed by atoms with Crippen molar-refractivity contribution in [3.8, 4) is 80.1 Å². The van der Waals surface area contributed by atoms with Gasteiger partial charge < -0.3 is 57.4 Å². The van der Waals surface area contributed by atoms with Gasteiger partial charge in [0, 0.05) is 63.5 Å². The predicted octanol–water partition coefficient (Wildman–Crippen LogP) is 10.2. The molecule has 0 atom stereocenters. The van der Waals surface area contributed by atoms with Gasteiger partial charge in [0.05, 0.1) is 108 Å². The van der Waals surface area contributed by atoms with E-state index in [0.29, 0.717) is 73.7 Å². The Morgan fingerprint density at radius 1 is 0.458 bits per heavy atom. The Morgan fingerprint density at radius 3 is 1.14 bits per heavy atom. The first-order valence-corrected chi connectivity index (χ1v) is 35.4. The van der Waals surface area contributed by atoms with E-state index in [2.05, 4.69) is 99.8 Å². The number of hydrogen-bond donors (Lipinski definition) is 3. The molecule has 0 unspecified atom stereocenters. The van der Waals surface area contributed by atoms with Gasteiger partial charge in [0.25, 0.3) is 21.9 Å². The minimum atomic E-state index is -3.67. The molecule has 29 nitrogen and oxygen atoms in total. The zero-order valence-corrected chi connectivity index (χ0v) is 60.8. The van der Waals surface area contributed by atoms with Crippen LogP contribution in [0.5, 0.6) is 46.0 Å². The van der Waals surface area contributed by atoms with Crippen LogP contribution in [0.1, 0.15) is 54.5 Å². The Balaban J connectivity index is 0.000000188. The molecule has 0 fully saturated rings. The van der Waals surface area contributed by atoms with Crippen molar-refractivity contribution in [1.82, 2.24) is 50.2 Å². The molecule has 0 aliphatic carbocycles. The number of carbonyl (C=O) groups is 2. The minimum absolute atomic E-state index is 0.151. The van der Waals surface area contributed by atoms with E-state index in [4.69, 9.17) is 51.3 Å². The number of nitrogens with zero attached hydrogens (tertiary/aromatic N) is 10. The average Bonchev–Trinajstić information content (AvgIpc) is 1.67. The summed E-state index contributed by atoms with van der Waals surface area (Å²) in [5, 5.41) is 32.8. The van der Waals surface area contributed by atoms with Crippen molar-refractivity contribution < 1.29 is 69.3 Å². The van der Waals surface area contributed by atoms with Gasteiger partial charge in [-0.2, -0.15) is 8.42 Å². The fourth-order valence-electron chi connectivity index (χ4n) is 12.4. The van der Waals surface area contributed by atoms with Gasteiger partial charge in [-0.1, -0.05) is 48.5 Å². The lowest BCUT2D eigenvalue weighted by Crippen LogP contribution is -2.32. The van der Waals surface area contributed by atoms with Gasteiger partial charge in [-0.05, 0) is 154 Å². The lowest BCUT2D eigenvalue weighted by Gasteiger charge is -2.29. The van der Waals surface area contributed by atoms with E-state index in [1.807, 2.05) is 24.3 Å². The number of anilines is 2. The number of benzene rings is 8. The third kappa shape index (κ3) is 17.5. The minimum Gasteiger partial charge on any atom is -0.493 e. The maximum Gasteiger partial charge on any atom is 0.291 e. The number of rotatable bonds is 22. The van der Waals surface area contributed by atoms with Crippen LogP contribution >= 0.6 is 0 Å². The molecule has 12 aromatic rings. The zero-order valence-electron chi connectivity index (χ0n) is 59.9. The first-order valence-electron chi connectivity index (χ1n) is 33.6. The number of methoxy groups -OCH3 is 8. The van der Waals surface area contributed by atoms with Crippen LogP contribution in [0, 0.1) is 0 Å². The molecular weight excluding hydrogens is 1400 g/mol. The summed E-state index contributed by atoms with van der Waals surface area (Å²) in [5.41, 5.74) is 10.3. The van der Waals surface area contributed by atoms with Gasteiger partial charge in [0.2, 0.25) is 11.6 Å². The number of aromatic nitrogens is 8. The molecule has 0 bridgehead atoms. The molecule has 107 heavy (non-hydrogen) atoms. The third-order valence-corrected chi connectivity index (χ3v) is 17.9. The van der Waals surface area contributed by atoms with Gasteiger partial charge in [-0.15, -0.1) is 30.0 Å². The van der Waals surface area contributed by atoms with E-state index >= 15 is 0 Å². The molecule has 2 amide bonds. The van der Waals surface area contributed by atoms with Crippen LogP contribution in [0.3, 0.4) is 0 Å². The summed E-state index contributed by atoms with van der Waals surface area (Å²) in [6.45, 7) is 5.48. The molecule has 0 radical (unpaired) electrons. The van der Waals surface area contributed by atoms with Crippen LogP contribution in [0.4, 0.5) is 11.4 Å². The molecule has 6 heterocycles. The van der Waals surface area contributed by atoms with Crippen LogP contribution in [0.15, 0.2) is 176 Å². The van der Waals surface area contributed by atoms with Crippen molar-refractivity contribution in [3.63, 3.8) is 0 Å². The van der Waals surface area contributed by atoms with E-state index in [0.717, 1.165) is 111 Å². The molecule has 3 N–H and O–H groups in total. The van der Waals surface area contributed by atoms with Gasteiger partial charge >= 0.3 is 0 Å². The summed E-state index contributed by atoms with van der Waals surface area (Å²) in [6, 6.07) is 46.6. The zero-order chi connectivity index (χ0) is 75.5. The fraction of sp³-hybridized carbons (Fsp3) is 0.247. The maximum absolute atomic E-state index is 13.4. The highest BCUT2D eigenvalue weighted by Gasteiger charge is 2.26. The van der Waals surface area contributed by atoms with E-state index < -0.39 is 21.9 Å². The van der Waals surface area contributed by atoms with Crippen molar-refractivity contribution in [2.75, 3.05) is 99.9 Å². The second-order valence-corrected chi connectivity index (χ2v) is 26.2. The predicted molar refractivity (Wildman–Crippen MR) is 398 cm³/mol. The smallest absolute Gasteiger partial charge is 0.291 e. The van der Waals surface area contributed by atoms with Crippen LogP contribution in [0.25, 0.3) is 56.1 Å². The molecule has 2 aliphatic heterocycles. The standard InChI is InChI=1S/2C38H36N6O7.CH4O3S/c2*1-47-32-17-24-14-16-43(22-25(24)18-33(32)48-2)15-13-23-9-11-26(12-10-23)44-41-37(40-42-44)28-19-34(49-3)35(50-4)20-29(28)39-38(46)36-21-30(45)27-7-5-6-8-31(27)51-36;1-5(2,3)4/h2*5-12,17-21H,13-16,22H2,1-4H3,(H,39,46);1H3,(H,2,3,4). The molecule has 0 saturated carbocycles. The highest BCUT2D eigenvalue weighted by Crippen LogP contribution is 2.41. The Kier molecular flexibility index (Phi) is 22.9. The quantitative estimate of drug-likeness (QED) is 0.0531. The van der Waals surface area contributed by atoms with Gasteiger partial charge in [-0.3, -0.25) is 33.5 Å². The maximum atomic E-state index is 13.4. The summed E-state index contributed by atoms with van der Waals surface area (Å²) in [4.78, 5) is 59.8. The third-order valence-electron chi connectivity index (χ3n) is 17.9. The number of tetrazole rings is 2. The first kappa shape index (κ1) is 74.2. The molecule has 2 aliphatic rings. The van der Waals surface area contributed by atoms with Gasteiger partial charge in [0.1, 0.15) is 11.2 Å². The second kappa shape index (κ2) is 33.1. The monoisotopic (exact) mass is 1470 g/mol. The van der Waals surface area contributed by atoms with Crippen LogP contribution in [0.2, 0.25) is 0 Å². The Morgan fingerprint density at radius 2 is 0.785 bits per heavy atom. The molecule has 552 valence electrons. The highest BCUT2D eigenvalue weighted by molar-refractivity contribution is 7.85. The van der Waals surface area contributed by atoms with Crippen molar-refractivity contribution >= 4 is 55.2 Å². The summed E-state index contributed by atoms with van der Waals surface area (Å²) >= 11 is 0. The molecular formula is C77H76N12O17S. The molecule has 30 heteroatoms. The summed E-state index contributed by atoms with van der Waals surface area (Å²) in [6.07, 6.45) is 4.39. The van der Waals surface area contributed by atoms with Crippen molar-refractivity contribution in [2.24, 2.45) is 0 Å². The molecule has 0 spiro atoms. The fourth-order valence-corrected chi connectivity index (χ4v) is 12.4. The first-order chi connectivity index (χ1) is 51.7. The van der Waals surface area contributed by atoms with E-state index in [9.17, 15) is 27.6 Å². The summed E-state index contributed by atoms with van der Waals surface area (Å²) in [7, 11) is 8.98. The molecule has 4 aromatic heterocycles. The molecule has 14 rings (SSSR count). The largest absolute Gasteiger partial charge is 0.493 e. The lowest BCUT2D eigenvalue weighted by atomic mass is 9.98. The van der Waals surface area contributed by atoms with Crippen molar-refractivity contribution in [1.29, 1.82) is 0 Å². The summed E-state index contributed by atoms with van der Waals surface area (Å²) < 4.78 is 81.4. The molecule has 8 aromatic carbocycles. The SMILES string of the molecule is COc1cc2c(cc1OC)CN(CCc1ccc(-n3nnc(-c4cc(OC)c(OC)cc4NC(=O)c4cc(=O)c5ccccc5o4)n3)cc1)CC2.COc1cc2c(cc1OC)CN(CCc1ccc(-n3nnc(-c4cc(OC)c(OC)cc4NC(=O)c4cc(=O)c5ccccc5o4)n3)cc1)CC2.CS(=O)(=O)O. The van der Waals surface area contributed by atoms with E-state index in [1.54, 1.807) is 101 Å². The Bertz CT molecular complexity index is 5160. The average molecular weight is 1470 g/mol. The van der Waals surface area contributed by atoms with Crippen molar-refractivity contribution in [2.45, 2.75) is 38.8 Å². The topological polar surface area (TPSA) is 341 Å². The van der Waals surface area contributed by atoms with E-state index in [-0.39, 0.29) is 34.0 Å². The lowest BCUT2D eigenvalue weighted by molar-refractivity contribution is 0.0990. The van der Waals surface area contributed by atoms with Gasteiger partial charge in [0.15, 0.2) is 68.4 Å². The number of hydrogen-bond acceptors (Lipinski definition) is 24. The number of fused-ring (bicyclic) bond motifs is 4. The normalized spacial score (nSPS) is 12.7. The van der Waals surface area contributed by atoms with Crippen molar-refractivity contribution in [3.05, 3.63) is 223 Å². The highest BCUT2D eigenvalue weighted by atomic mass is 32.2. The van der Waals surface area contributed by atoms with Crippen LogP contribution in [-0.2, 0) is 48.9 Å². The van der Waals surface area contributed by atoms with Gasteiger partial charge in [-0.25, -0.2) is 0 Å². The van der Waals surface area contributed by atoms with E-state index in [1.165, 1.54) is 71.4 Å². The molecule has 0 saturated heterocycles. The number of amides is 2. The Labute approximate surface area is 613 Å². The van der Waals surface area contributed by atoms with Crippen LogP contribution < -0.4 is 59.4 Å². The number of ether oxygens (including phenoxy) is 8. The Hall–Kier alpha value is -12.5. The second-order valence-electron chi connectivity index (χ2n) is 24.7. The number of para-hydroxylation sites is 2. The van der Waals surface area contributed by atoms with Crippen LogP contribution in [-0.4, -0.2) is 164 Å².